The van der Waals surface area contributed by atoms with Crippen molar-refractivity contribution in [1.29, 1.82) is 0 Å². The number of hydrogen-bond donors (Lipinski definition) is 1. The van der Waals surface area contributed by atoms with E-state index in [0.717, 1.165) is 16.6 Å². The minimum atomic E-state index is -0.436. The summed E-state index contributed by atoms with van der Waals surface area (Å²) in [5.41, 5.74) is 2.71. The number of nitrogens with zero attached hydrogens (tertiary/aromatic N) is 4. The Balaban J connectivity index is 1.38. The first-order chi connectivity index (χ1) is 13.1. The van der Waals surface area contributed by atoms with Crippen LogP contribution in [0.1, 0.15) is 16.2 Å². The molecule has 27 heavy (non-hydrogen) atoms. The van der Waals surface area contributed by atoms with Crippen molar-refractivity contribution < 1.29 is 14.3 Å². The Kier molecular flexibility index (Phi) is 4.45. The lowest BCUT2D eigenvalue weighted by molar-refractivity contribution is 0.0623. The molecule has 0 aliphatic carbocycles. The molecule has 2 aromatic heterocycles. The minimum absolute atomic E-state index is 0.163. The molecule has 1 aromatic carbocycles. The number of aromatic amines is 1. The van der Waals surface area contributed by atoms with E-state index in [0.29, 0.717) is 37.8 Å². The minimum Gasteiger partial charge on any atom is -0.409 e. The van der Waals surface area contributed by atoms with Gasteiger partial charge in [-0.05, 0) is 36.8 Å². The lowest BCUT2D eigenvalue weighted by atomic mass is 10.2. The number of pyridine rings is 1. The van der Waals surface area contributed by atoms with E-state index in [4.69, 9.17) is 4.74 Å². The van der Waals surface area contributed by atoms with E-state index in [9.17, 15) is 9.59 Å². The standard InChI is InChI=1S/C19H19N5O3/c1-13-4-5-15-16(11-13)22-17(21-15)18(25)23-7-9-24(10-8-23)19(26)27-14-3-2-6-20-12-14/h2-6,11-12H,7-10H2,1H3,(H,21,22). The molecule has 3 heterocycles. The van der Waals surface area contributed by atoms with Crippen molar-refractivity contribution >= 4 is 23.0 Å². The molecule has 3 aromatic rings. The van der Waals surface area contributed by atoms with Gasteiger partial charge in [0.15, 0.2) is 11.6 Å². The maximum Gasteiger partial charge on any atom is 0.415 e. The smallest absolute Gasteiger partial charge is 0.409 e. The zero-order valence-electron chi connectivity index (χ0n) is 14.9. The summed E-state index contributed by atoms with van der Waals surface area (Å²) >= 11 is 0. The highest BCUT2D eigenvalue weighted by Crippen LogP contribution is 2.16. The van der Waals surface area contributed by atoms with Gasteiger partial charge in [0.25, 0.3) is 5.91 Å². The second-order valence-electron chi connectivity index (χ2n) is 6.44. The maximum atomic E-state index is 12.7. The molecule has 1 aliphatic rings. The van der Waals surface area contributed by atoms with Gasteiger partial charge >= 0.3 is 6.09 Å². The summed E-state index contributed by atoms with van der Waals surface area (Å²) in [6.07, 6.45) is 2.66. The number of nitrogens with one attached hydrogen (secondary N) is 1. The number of rotatable bonds is 2. The van der Waals surface area contributed by atoms with Crippen LogP contribution in [0.4, 0.5) is 4.79 Å². The SMILES string of the molecule is Cc1ccc2nc(C(=O)N3CCN(C(=O)Oc4cccnc4)CC3)[nH]c2c1. The Hall–Kier alpha value is -3.42. The van der Waals surface area contributed by atoms with Crippen LogP contribution >= 0.6 is 0 Å². The number of fused-ring (bicyclic) bond motifs is 1. The number of hydrogen-bond acceptors (Lipinski definition) is 5. The van der Waals surface area contributed by atoms with Crippen LogP contribution in [0.5, 0.6) is 5.75 Å². The van der Waals surface area contributed by atoms with Crippen LogP contribution < -0.4 is 4.74 Å². The second kappa shape index (κ2) is 7.06. The Bertz CT molecular complexity index is 977. The van der Waals surface area contributed by atoms with Crippen LogP contribution in [0, 0.1) is 6.92 Å². The van der Waals surface area contributed by atoms with Gasteiger partial charge in [0.05, 0.1) is 17.2 Å². The van der Waals surface area contributed by atoms with Crippen molar-refractivity contribution in [1.82, 2.24) is 24.8 Å². The van der Waals surface area contributed by atoms with E-state index in [1.807, 2.05) is 25.1 Å². The number of ether oxygens (including phenoxy) is 1. The highest BCUT2D eigenvalue weighted by molar-refractivity contribution is 5.94. The highest BCUT2D eigenvalue weighted by Gasteiger charge is 2.27. The van der Waals surface area contributed by atoms with Crippen LogP contribution in [0.2, 0.25) is 0 Å². The average molecular weight is 365 g/mol. The van der Waals surface area contributed by atoms with Crippen LogP contribution in [-0.2, 0) is 0 Å². The number of imidazole rings is 1. The second-order valence-corrected chi connectivity index (χ2v) is 6.44. The Morgan fingerprint density at radius 1 is 1.11 bits per heavy atom. The molecular formula is C19H19N5O3. The molecule has 0 radical (unpaired) electrons. The average Bonchev–Trinajstić information content (AvgIpc) is 3.11. The lowest BCUT2D eigenvalue weighted by Gasteiger charge is -2.33. The van der Waals surface area contributed by atoms with E-state index in [2.05, 4.69) is 15.0 Å². The first kappa shape index (κ1) is 17.0. The summed E-state index contributed by atoms with van der Waals surface area (Å²) < 4.78 is 5.29. The van der Waals surface area contributed by atoms with E-state index < -0.39 is 6.09 Å². The Labute approximate surface area is 155 Å². The van der Waals surface area contributed by atoms with Crippen LogP contribution in [0.25, 0.3) is 11.0 Å². The highest BCUT2D eigenvalue weighted by atomic mass is 16.6. The lowest BCUT2D eigenvalue weighted by Crippen LogP contribution is -2.51. The van der Waals surface area contributed by atoms with Crippen molar-refractivity contribution in [3.63, 3.8) is 0 Å². The number of aryl methyl sites for hydroxylation is 1. The first-order valence-corrected chi connectivity index (χ1v) is 8.72. The van der Waals surface area contributed by atoms with Gasteiger partial charge in [-0.2, -0.15) is 0 Å². The number of piperazine rings is 1. The number of benzene rings is 1. The molecule has 4 rings (SSSR count). The fourth-order valence-corrected chi connectivity index (χ4v) is 3.04. The normalized spacial score (nSPS) is 14.4. The van der Waals surface area contributed by atoms with E-state index in [-0.39, 0.29) is 5.91 Å². The molecule has 1 saturated heterocycles. The summed E-state index contributed by atoms with van der Waals surface area (Å²) in [4.78, 5) is 39.6. The van der Waals surface area contributed by atoms with Gasteiger partial charge in [-0.3, -0.25) is 9.78 Å². The van der Waals surface area contributed by atoms with Crippen LogP contribution in [0.15, 0.2) is 42.7 Å². The largest absolute Gasteiger partial charge is 0.415 e. The van der Waals surface area contributed by atoms with Crippen molar-refractivity contribution in [3.05, 3.63) is 54.1 Å². The molecule has 138 valence electrons. The van der Waals surface area contributed by atoms with E-state index >= 15 is 0 Å². The van der Waals surface area contributed by atoms with Crippen molar-refractivity contribution in [2.75, 3.05) is 26.2 Å². The molecule has 1 N–H and O–H groups in total. The number of carbonyl (C=O) groups excluding carboxylic acids is 2. The molecule has 2 amide bonds. The van der Waals surface area contributed by atoms with Crippen LogP contribution in [0.3, 0.4) is 0 Å². The number of amides is 2. The third kappa shape index (κ3) is 3.59. The quantitative estimate of drug-likeness (QED) is 0.752. The van der Waals surface area contributed by atoms with Gasteiger partial charge in [-0.15, -0.1) is 0 Å². The summed E-state index contributed by atoms with van der Waals surface area (Å²) in [5.74, 6) is 0.560. The molecular weight excluding hydrogens is 346 g/mol. The maximum absolute atomic E-state index is 12.7. The monoisotopic (exact) mass is 365 g/mol. The van der Waals surface area contributed by atoms with Gasteiger partial charge in [0.2, 0.25) is 0 Å². The molecule has 8 nitrogen and oxygen atoms in total. The molecule has 1 aliphatic heterocycles. The number of H-pyrrole nitrogens is 1. The molecule has 0 spiro atoms. The van der Waals surface area contributed by atoms with Gasteiger partial charge in [0, 0.05) is 32.4 Å². The zero-order valence-corrected chi connectivity index (χ0v) is 14.9. The predicted molar refractivity (Wildman–Crippen MR) is 98.6 cm³/mol. The Morgan fingerprint density at radius 2 is 1.89 bits per heavy atom. The fourth-order valence-electron chi connectivity index (χ4n) is 3.04. The van der Waals surface area contributed by atoms with E-state index in [1.54, 1.807) is 28.1 Å². The summed E-state index contributed by atoms with van der Waals surface area (Å²) in [5, 5.41) is 0. The first-order valence-electron chi connectivity index (χ1n) is 8.72. The zero-order chi connectivity index (χ0) is 18.8. The summed E-state index contributed by atoms with van der Waals surface area (Å²) in [7, 11) is 0. The molecule has 0 bridgehead atoms. The molecule has 1 fully saturated rings. The third-order valence-electron chi connectivity index (χ3n) is 4.50. The fraction of sp³-hybridized carbons (Fsp3) is 0.263. The van der Waals surface area contributed by atoms with E-state index in [1.165, 1.54) is 6.20 Å². The topological polar surface area (TPSA) is 91.4 Å². The van der Waals surface area contributed by atoms with Gasteiger partial charge < -0.3 is 19.5 Å². The summed E-state index contributed by atoms with van der Waals surface area (Å²) in [6.45, 7) is 3.66. The predicted octanol–water partition coefficient (Wildman–Crippen LogP) is 2.22. The third-order valence-corrected chi connectivity index (χ3v) is 4.50. The van der Waals surface area contributed by atoms with Gasteiger partial charge in [-0.25, -0.2) is 9.78 Å². The molecule has 0 saturated carbocycles. The van der Waals surface area contributed by atoms with Gasteiger partial charge in [0.1, 0.15) is 0 Å². The van der Waals surface area contributed by atoms with Crippen LogP contribution in [-0.4, -0.2) is 62.9 Å². The Morgan fingerprint density at radius 3 is 2.63 bits per heavy atom. The summed E-state index contributed by atoms with van der Waals surface area (Å²) in [6, 6.07) is 9.20. The molecule has 0 atom stereocenters. The van der Waals surface area contributed by atoms with Crippen molar-refractivity contribution in [3.8, 4) is 5.75 Å². The number of aromatic nitrogens is 3. The molecule has 0 unspecified atom stereocenters. The van der Waals surface area contributed by atoms with Crippen molar-refractivity contribution in [2.45, 2.75) is 6.92 Å². The molecule has 8 heteroatoms. The van der Waals surface area contributed by atoms with Gasteiger partial charge in [-0.1, -0.05) is 6.07 Å². The van der Waals surface area contributed by atoms with Crippen molar-refractivity contribution in [2.24, 2.45) is 0 Å². The number of carbonyl (C=O) groups is 2.